The lowest BCUT2D eigenvalue weighted by Gasteiger charge is -2.19. The van der Waals surface area contributed by atoms with Crippen molar-refractivity contribution in [3.63, 3.8) is 0 Å². The van der Waals surface area contributed by atoms with Crippen molar-refractivity contribution in [2.45, 2.75) is 26.2 Å². The van der Waals surface area contributed by atoms with E-state index in [-0.39, 0.29) is 16.7 Å². The van der Waals surface area contributed by atoms with Gasteiger partial charge in [-0.1, -0.05) is 45.0 Å². The molecule has 3 rings (SSSR count). The minimum Gasteiger partial charge on any atom is -0.507 e. The number of benzene rings is 2. The summed E-state index contributed by atoms with van der Waals surface area (Å²) >= 11 is 0. The van der Waals surface area contributed by atoms with Gasteiger partial charge in [0, 0.05) is 17.1 Å². The van der Waals surface area contributed by atoms with Gasteiger partial charge in [0.15, 0.2) is 0 Å². The number of phenols is 1. The van der Waals surface area contributed by atoms with Gasteiger partial charge in [0.1, 0.15) is 17.9 Å². The number of carbonyl (C=O) groups excluding carboxylic acids is 1. The molecule has 3 N–H and O–H groups in total. The first-order chi connectivity index (χ1) is 13.2. The highest BCUT2D eigenvalue weighted by Crippen LogP contribution is 2.30. The number of phenolic OH excluding ortho intramolecular Hbond substituents is 1. The van der Waals surface area contributed by atoms with Gasteiger partial charge in [-0.05, 0) is 34.7 Å². The molecule has 0 unspecified atom stereocenters. The SMILES string of the molecule is CC(C)(C)c1ccc(-c2cnc3c(C(=O)NCC(=O)O)c(O)ccc3c2)cc1. The molecule has 0 bridgehead atoms. The maximum absolute atomic E-state index is 12.3. The normalized spacial score (nSPS) is 11.4. The monoisotopic (exact) mass is 378 g/mol. The van der Waals surface area contributed by atoms with E-state index in [1.807, 2.05) is 18.2 Å². The Bertz CT molecular complexity index is 1050. The molecule has 3 aromatic rings. The van der Waals surface area contributed by atoms with Crippen molar-refractivity contribution in [1.82, 2.24) is 10.3 Å². The number of carboxylic acid groups (broad SMARTS) is 1. The third-order valence-electron chi connectivity index (χ3n) is 4.54. The summed E-state index contributed by atoms with van der Waals surface area (Å²) in [5, 5.41) is 21.8. The summed E-state index contributed by atoms with van der Waals surface area (Å²) in [6.45, 7) is 5.93. The first-order valence-electron chi connectivity index (χ1n) is 8.89. The molecule has 144 valence electrons. The Morgan fingerprint density at radius 1 is 1.04 bits per heavy atom. The number of hydrogen-bond donors (Lipinski definition) is 3. The number of aromatic hydroxyl groups is 1. The fraction of sp³-hybridized carbons (Fsp3) is 0.227. The topological polar surface area (TPSA) is 99.5 Å². The van der Waals surface area contributed by atoms with Crippen LogP contribution in [0.3, 0.4) is 0 Å². The summed E-state index contributed by atoms with van der Waals surface area (Å²) < 4.78 is 0. The number of aromatic nitrogens is 1. The Hall–Kier alpha value is -3.41. The summed E-state index contributed by atoms with van der Waals surface area (Å²) in [5.41, 5.74) is 3.46. The van der Waals surface area contributed by atoms with Crippen molar-refractivity contribution in [3.8, 4) is 16.9 Å². The van der Waals surface area contributed by atoms with Crippen molar-refractivity contribution < 1.29 is 19.8 Å². The predicted octanol–water partition coefficient (Wildman–Crippen LogP) is 3.72. The van der Waals surface area contributed by atoms with Crippen molar-refractivity contribution in [3.05, 3.63) is 59.8 Å². The summed E-state index contributed by atoms with van der Waals surface area (Å²) in [4.78, 5) is 27.3. The van der Waals surface area contributed by atoms with Gasteiger partial charge in [0.2, 0.25) is 0 Å². The molecule has 0 aliphatic rings. The van der Waals surface area contributed by atoms with Gasteiger partial charge in [0.05, 0.1) is 5.52 Å². The molecule has 0 aliphatic heterocycles. The molecule has 0 saturated carbocycles. The van der Waals surface area contributed by atoms with Gasteiger partial charge in [-0.15, -0.1) is 0 Å². The van der Waals surface area contributed by atoms with E-state index in [0.717, 1.165) is 11.1 Å². The maximum Gasteiger partial charge on any atom is 0.322 e. The number of rotatable bonds is 4. The van der Waals surface area contributed by atoms with Crippen LogP contribution in [0.1, 0.15) is 36.7 Å². The number of hydrogen-bond acceptors (Lipinski definition) is 4. The molecule has 0 radical (unpaired) electrons. The smallest absolute Gasteiger partial charge is 0.322 e. The lowest BCUT2D eigenvalue weighted by molar-refractivity contribution is -0.135. The van der Waals surface area contributed by atoms with E-state index >= 15 is 0 Å². The molecule has 2 aromatic carbocycles. The average Bonchev–Trinajstić information content (AvgIpc) is 2.65. The molecule has 0 spiro atoms. The molecule has 0 atom stereocenters. The molecule has 6 heteroatoms. The van der Waals surface area contributed by atoms with Gasteiger partial charge >= 0.3 is 5.97 Å². The van der Waals surface area contributed by atoms with Crippen LogP contribution in [0.4, 0.5) is 0 Å². The summed E-state index contributed by atoms with van der Waals surface area (Å²) in [5.74, 6) is -2.09. The summed E-state index contributed by atoms with van der Waals surface area (Å²) in [7, 11) is 0. The number of carbonyl (C=O) groups is 2. The second kappa shape index (κ2) is 7.31. The third-order valence-corrected chi connectivity index (χ3v) is 4.54. The minimum absolute atomic E-state index is 0.0339. The Balaban J connectivity index is 2.00. The number of carboxylic acids is 1. The predicted molar refractivity (Wildman–Crippen MR) is 108 cm³/mol. The first-order valence-corrected chi connectivity index (χ1v) is 8.89. The maximum atomic E-state index is 12.3. The summed E-state index contributed by atoms with van der Waals surface area (Å²) in [6, 6.07) is 13.2. The van der Waals surface area contributed by atoms with Crippen LogP contribution in [0.25, 0.3) is 22.0 Å². The lowest BCUT2D eigenvalue weighted by Crippen LogP contribution is -2.29. The first kappa shape index (κ1) is 19.4. The number of aliphatic carboxylic acids is 1. The van der Waals surface area contributed by atoms with E-state index < -0.39 is 18.4 Å². The molecule has 1 aromatic heterocycles. The number of fused-ring (bicyclic) bond motifs is 1. The van der Waals surface area contributed by atoms with Crippen LogP contribution >= 0.6 is 0 Å². The van der Waals surface area contributed by atoms with Crippen LogP contribution in [-0.4, -0.2) is 33.6 Å². The van der Waals surface area contributed by atoms with E-state index in [9.17, 15) is 14.7 Å². The second-order valence-corrected chi connectivity index (χ2v) is 7.66. The Labute approximate surface area is 162 Å². The quantitative estimate of drug-likeness (QED) is 0.642. The van der Waals surface area contributed by atoms with Gasteiger partial charge in [-0.2, -0.15) is 0 Å². The van der Waals surface area contributed by atoms with Gasteiger partial charge in [-0.25, -0.2) is 0 Å². The van der Waals surface area contributed by atoms with Crippen molar-refractivity contribution >= 4 is 22.8 Å². The van der Waals surface area contributed by atoms with E-state index in [0.29, 0.717) is 10.9 Å². The van der Waals surface area contributed by atoms with Crippen LogP contribution in [0.15, 0.2) is 48.7 Å². The van der Waals surface area contributed by atoms with Crippen LogP contribution in [0.2, 0.25) is 0 Å². The van der Waals surface area contributed by atoms with Gasteiger partial charge < -0.3 is 15.5 Å². The molecular formula is C22H22N2O4. The zero-order valence-corrected chi connectivity index (χ0v) is 16.0. The standard InChI is InChI=1S/C22H22N2O4/c1-22(2,3)16-7-4-13(5-8-16)15-10-14-6-9-17(25)19(20(14)23-11-15)21(28)24-12-18(26)27/h4-11,25H,12H2,1-3H3,(H,24,28)(H,26,27). The van der Waals surface area contributed by atoms with Crippen LogP contribution in [-0.2, 0) is 10.2 Å². The highest BCUT2D eigenvalue weighted by molar-refractivity contribution is 6.09. The number of nitrogens with one attached hydrogen (secondary N) is 1. The Morgan fingerprint density at radius 3 is 2.32 bits per heavy atom. The fourth-order valence-corrected chi connectivity index (χ4v) is 2.98. The van der Waals surface area contributed by atoms with E-state index in [4.69, 9.17) is 5.11 Å². The molecule has 6 nitrogen and oxygen atoms in total. The highest BCUT2D eigenvalue weighted by Gasteiger charge is 2.18. The summed E-state index contributed by atoms with van der Waals surface area (Å²) in [6.07, 6.45) is 1.64. The zero-order valence-electron chi connectivity index (χ0n) is 16.0. The van der Waals surface area contributed by atoms with Gasteiger partial charge in [0.25, 0.3) is 5.91 Å². The molecular weight excluding hydrogens is 356 g/mol. The molecule has 1 heterocycles. The average molecular weight is 378 g/mol. The third kappa shape index (κ3) is 3.96. The Morgan fingerprint density at radius 2 is 1.71 bits per heavy atom. The second-order valence-electron chi connectivity index (χ2n) is 7.66. The number of amides is 1. The van der Waals surface area contributed by atoms with E-state index in [1.54, 1.807) is 12.3 Å². The molecule has 28 heavy (non-hydrogen) atoms. The number of pyridine rings is 1. The van der Waals surface area contributed by atoms with Crippen molar-refractivity contribution in [2.75, 3.05) is 6.54 Å². The van der Waals surface area contributed by atoms with Crippen molar-refractivity contribution in [1.29, 1.82) is 0 Å². The highest BCUT2D eigenvalue weighted by atomic mass is 16.4. The van der Waals surface area contributed by atoms with Gasteiger partial charge in [-0.3, -0.25) is 14.6 Å². The Kier molecular flexibility index (Phi) is 5.05. The van der Waals surface area contributed by atoms with Crippen molar-refractivity contribution in [2.24, 2.45) is 0 Å². The largest absolute Gasteiger partial charge is 0.507 e. The minimum atomic E-state index is -1.16. The molecule has 0 aliphatic carbocycles. The fourth-order valence-electron chi connectivity index (χ4n) is 2.98. The molecule has 1 amide bonds. The van der Waals surface area contributed by atoms with E-state index in [2.05, 4.69) is 43.2 Å². The van der Waals surface area contributed by atoms with Crippen LogP contribution in [0, 0.1) is 0 Å². The van der Waals surface area contributed by atoms with E-state index in [1.165, 1.54) is 11.6 Å². The van der Waals surface area contributed by atoms with Crippen LogP contribution in [0.5, 0.6) is 5.75 Å². The number of nitrogens with zero attached hydrogens (tertiary/aromatic N) is 1. The molecule has 0 fully saturated rings. The zero-order chi connectivity index (χ0) is 20.5. The lowest BCUT2D eigenvalue weighted by atomic mass is 9.86. The molecule has 0 saturated heterocycles. The van der Waals surface area contributed by atoms with Crippen LogP contribution < -0.4 is 5.32 Å².